The minimum atomic E-state index is 0.709. The van der Waals surface area contributed by atoms with E-state index in [1.54, 1.807) is 0 Å². The smallest absolute Gasteiger partial charge is 0.0702 e. The largest absolute Gasteiger partial charge is 0.317 e. The number of allylic oxidation sites excluding steroid dienone is 1. The fraction of sp³-hybridized carbons (Fsp3) is 0.333. The molecule has 0 saturated carbocycles. The highest BCUT2D eigenvalue weighted by Gasteiger charge is 2.21. The minimum absolute atomic E-state index is 0.709. The third kappa shape index (κ3) is 2.49. The average Bonchev–Trinajstić information content (AvgIpc) is 3.05. The Bertz CT molecular complexity index is 724. The second kappa shape index (κ2) is 5.41. The second-order valence-corrected chi connectivity index (χ2v) is 5.86. The van der Waals surface area contributed by atoms with E-state index >= 15 is 0 Å². The molecule has 0 spiro atoms. The molecule has 0 atom stereocenters. The topological polar surface area (TPSA) is 37.3 Å². The molecule has 2 aliphatic heterocycles. The number of hydrogen-bond donors (Lipinski definition) is 1. The van der Waals surface area contributed by atoms with E-state index in [9.17, 15) is 0 Å². The molecular weight excluding hydrogens is 258 g/mol. The van der Waals surface area contributed by atoms with Crippen molar-refractivity contribution in [2.75, 3.05) is 19.6 Å². The number of piperidine rings is 1. The van der Waals surface area contributed by atoms with Crippen LogP contribution in [0.4, 0.5) is 0 Å². The van der Waals surface area contributed by atoms with E-state index in [0.29, 0.717) is 5.92 Å². The van der Waals surface area contributed by atoms with Crippen LogP contribution in [-0.2, 0) is 0 Å². The number of aliphatic imine (C=N–C) groups is 1. The first kappa shape index (κ1) is 12.7. The van der Waals surface area contributed by atoms with Crippen molar-refractivity contribution >= 4 is 16.6 Å². The highest BCUT2D eigenvalue weighted by Crippen LogP contribution is 2.26. The first-order chi connectivity index (χ1) is 10.4. The summed E-state index contributed by atoms with van der Waals surface area (Å²) in [6.45, 7) is 3.14. The number of fused-ring (bicyclic) bond motifs is 1. The lowest BCUT2D eigenvalue weighted by Gasteiger charge is -2.23. The van der Waals surface area contributed by atoms with Crippen molar-refractivity contribution in [1.29, 1.82) is 0 Å². The maximum absolute atomic E-state index is 4.73. The minimum Gasteiger partial charge on any atom is -0.317 e. The second-order valence-electron chi connectivity index (χ2n) is 5.86. The molecule has 0 bridgehead atoms. The Morgan fingerprint density at radius 1 is 1.10 bits per heavy atom. The number of rotatable bonds is 2. The van der Waals surface area contributed by atoms with Crippen LogP contribution in [0.2, 0.25) is 0 Å². The van der Waals surface area contributed by atoms with Gasteiger partial charge in [-0.25, -0.2) is 0 Å². The maximum atomic E-state index is 4.73. The van der Waals surface area contributed by atoms with E-state index in [4.69, 9.17) is 4.99 Å². The lowest BCUT2D eigenvalue weighted by molar-refractivity contribution is 0.418. The third-order valence-electron chi connectivity index (χ3n) is 4.50. The van der Waals surface area contributed by atoms with Gasteiger partial charge in [0.2, 0.25) is 0 Å². The molecule has 1 fully saturated rings. The van der Waals surface area contributed by atoms with Gasteiger partial charge < -0.3 is 5.32 Å². The molecule has 0 aliphatic carbocycles. The lowest BCUT2D eigenvalue weighted by Crippen LogP contribution is -2.28. The highest BCUT2D eigenvalue weighted by atomic mass is 14.9. The van der Waals surface area contributed by atoms with Crippen molar-refractivity contribution in [3.05, 3.63) is 53.7 Å². The number of nitrogens with one attached hydrogen (secondary N) is 1. The molecule has 1 N–H and O–H groups in total. The zero-order valence-electron chi connectivity index (χ0n) is 12.0. The molecular formula is C18H19N3. The van der Waals surface area contributed by atoms with Gasteiger partial charge in [-0.2, -0.15) is 0 Å². The van der Waals surface area contributed by atoms with Crippen LogP contribution < -0.4 is 5.32 Å². The zero-order chi connectivity index (χ0) is 14.1. The SMILES string of the molecule is C1=C(C2CCNCC2)CN=C1c1cnc2ccccc2c1. The molecule has 3 heterocycles. The molecule has 1 aromatic heterocycles. The molecule has 106 valence electrons. The van der Waals surface area contributed by atoms with Crippen molar-refractivity contribution in [2.45, 2.75) is 12.8 Å². The molecule has 3 heteroatoms. The van der Waals surface area contributed by atoms with Crippen LogP contribution >= 0.6 is 0 Å². The monoisotopic (exact) mass is 277 g/mol. The summed E-state index contributed by atoms with van der Waals surface area (Å²) in [5.41, 5.74) is 4.78. The first-order valence-electron chi connectivity index (χ1n) is 7.71. The van der Waals surface area contributed by atoms with E-state index in [1.165, 1.54) is 23.8 Å². The van der Waals surface area contributed by atoms with Crippen LogP contribution in [0, 0.1) is 5.92 Å². The number of pyridine rings is 1. The first-order valence-corrected chi connectivity index (χ1v) is 7.71. The van der Waals surface area contributed by atoms with Gasteiger partial charge in [-0.3, -0.25) is 9.98 Å². The summed E-state index contributed by atoms with van der Waals surface area (Å²) in [5, 5.41) is 4.61. The predicted octanol–water partition coefficient (Wildman–Crippen LogP) is 2.96. The standard InChI is InChI=1S/C18H19N3/c1-2-4-17-14(3-1)9-16(12-20-17)18-10-15(11-21-18)13-5-7-19-8-6-13/h1-4,9-10,12-13,19H,5-8,11H2. The van der Waals surface area contributed by atoms with Crippen LogP contribution in [0.25, 0.3) is 10.9 Å². The molecule has 21 heavy (non-hydrogen) atoms. The lowest BCUT2D eigenvalue weighted by atomic mass is 9.89. The summed E-state index contributed by atoms with van der Waals surface area (Å²) in [7, 11) is 0. The Kier molecular flexibility index (Phi) is 3.28. The predicted molar refractivity (Wildman–Crippen MR) is 86.8 cm³/mol. The molecule has 0 amide bonds. The van der Waals surface area contributed by atoms with Gasteiger partial charge in [0.25, 0.3) is 0 Å². The van der Waals surface area contributed by atoms with Gasteiger partial charge in [0.1, 0.15) is 0 Å². The maximum Gasteiger partial charge on any atom is 0.0702 e. The van der Waals surface area contributed by atoms with Crippen LogP contribution in [0.3, 0.4) is 0 Å². The summed E-state index contributed by atoms with van der Waals surface area (Å²) in [6, 6.07) is 10.4. The van der Waals surface area contributed by atoms with Crippen molar-refractivity contribution in [2.24, 2.45) is 10.9 Å². The van der Waals surface area contributed by atoms with Gasteiger partial charge >= 0.3 is 0 Å². The van der Waals surface area contributed by atoms with Crippen LogP contribution in [0.5, 0.6) is 0 Å². The molecule has 1 aromatic carbocycles. The summed E-state index contributed by atoms with van der Waals surface area (Å²) < 4.78 is 0. The normalized spacial score (nSPS) is 19.6. The van der Waals surface area contributed by atoms with Gasteiger partial charge in [-0.1, -0.05) is 18.2 Å². The fourth-order valence-electron chi connectivity index (χ4n) is 3.27. The zero-order valence-corrected chi connectivity index (χ0v) is 12.0. The Hall–Kier alpha value is -2.00. The third-order valence-corrected chi connectivity index (χ3v) is 4.50. The van der Waals surface area contributed by atoms with Crippen LogP contribution in [-0.4, -0.2) is 30.3 Å². The average molecular weight is 277 g/mol. The number of nitrogens with zero attached hydrogens (tertiary/aromatic N) is 2. The molecule has 0 radical (unpaired) electrons. The van der Waals surface area contributed by atoms with Gasteiger partial charge in [0.05, 0.1) is 17.8 Å². The van der Waals surface area contributed by atoms with E-state index in [-0.39, 0.29) is 0 Å². The summed E-state index contributed by atoms with van der Waals surface area (Å²) >= 11 is 0. The van der Waals surface area contributed by atoms with Crippen molar-refractivity contribution in [3.8, 4) is 0 Å². The summed E-state index contributed by atoms with van der Waals surface area (Å²) in [4.78, 5) is 9.28. The quantitative estimate of drug-likeness (QED) is 0.916. The van der Waals surface area contributed by atoms with E-state index in [2.05, 4.69) is 34.6 Å². The summed E-state index contributed by atoms with van der Waals surface area (Å²) in [5.74, 6) is 0.709. The molecule has 2 aromatic rings. The Labute approximate surface area is 124 Å². The van der Waals surface area contributed by atoms with Crippen LogP contribution in [0.15, 0.2) is 53.2 Å². The van der Waals surface area contributed by atoms with E-state index < -0.39 is 0 Å². The molecule has 2 aliphatic rings. The Morgan fingerprint density at radius 2 is 1.95 bits per heavy atom. The number of hydrogen-bond acceptors (Lipinski definition) is 3. The van der Waals surface area contributed by atoms with E-state index in [0.717, 1.165) is 36.4 Å². The molecule has 4 rings (SSSR count). The van der Waals surface area contributed by atoms with Crippen molar-refractivity contribution < 1.29 is 0 Å². The highest BCUT2D eigenvalue weighted by molar-refractivity contribution is 6.11. The van der Waals surface area contributed by atoms with Gasteiger partial charge in [-0.15, -0.1) is 0 Å². The number of para-hydroxylation sites is 1. The van der Waals surface area contributed by atoms with Crippen molar-refractivity contribution in [1.82, 2.24) is 10.3 Å². The Balaban J connectivity index is 1.61. The van der Waals surface area contributed by atoms with Gasteiger partial charge in [0.15, 0.2) is 0 Å². The van der Waals surface area contributed by atoms with Crippen molar-refractivity contribution in [3.63, 3.8) is 0 Å². The van der Waals surface area contributed by atoms with E-state index in [1.807, 2.05) is 18.3 Å². The Morgan fingerprint density at radius 3 is 2.86 bits per heavy atom. The molecule has 1 saturated heterocycles. The molecule has 0 unspecified atom stereocenters. The van der Waals surface area contributed by atoms with Crippen LogP contribution in [0.1, 0.15) is 18.4 Å². The van der Waals surface area contributed by atoms with Gasteiger partial charge in [-0.05, 0) is 55.6 Å². The number of aromatic nitrogens is 1. The molecule has 3 nitrogen and oxygen atoms in total. The van der Waals surface area contributed by atoms with Gasteiger partial charge in [0, 0.05) is 17.1 Å². The number of benzene rings is 1. The summed E-state index contributed by atoms with van der Waals surface area (Å²) in [6.07, 6.45) is 6.72. The fourth-order valence-corrected chi connectivity index (χ4v) is 3.27.